The van der Waals surface area contributed by atoms with Gasteiger partial charge >= 0.3 is 12.1 Å². The Hall–Kier alpha value is -3.35. The van der Waals surface area contributed by atoms with E-state index in [0.29, 0.717) is 6.42 Å². The lowest BCUT2D eigenvalue weighted by atomic mass is 9.85. The van der Waals surface area contributed by atoms with Gasteiger partial charge in [0.1, 0.15) is 6.61 Å². The van der Waals surface area contributed by atoms with Gasteiger partial charge in [0, 0.05) is 18.5 Å². The molecule has 0 fully saturated rings. The van der Waals surface area contributed by atoms with Crippen molar-refractivity contribution in [3.63, 3.8) is 0 Å². The standard InChI is InChI=1S/C28H36N2O5/c1-6-28(5,26(32)33)16-29-25(31)24(17(2)3)18(4)30-27(34)35-15-23-21-13-9-7-11-19(21)20-12-8-10-14-22(20)23/h7-14,17-18,23-24H,6,15-16H2,1-5H3,(H,29,31)(H,30,34)(H,32,33). The van der Waals surface area contributed by atoms with Gasteiger partial charge in [-0.05, 0) is 48.4 Å². The van der Waals surface area contributed by atoms with Crippen LogP contribution in [0.1, 0.15) is 58.1 Å². The van der Waals surface area contributed by atoms with E-state index in [9.17, 15) is 19.5 Å². The van der Waals surface area contributed by atoms with E-state index in [1.54, 1.807) is 20.8 Å². The molecule has 2 aromatic carbocycles. The SMILES string of the molecule is CCC(C)(CNC(=O)C(C(C)C)C(C)NC(=O)OCC1c2ccccc2-c2ccccc21)C(=O)O. The van der Waals surface area contributed by atoms with Gasteiger partial charge in [-0.2, -0.15) is 0 Å². The first kappa shape index (κ1) is 26.3. The van der Waals surface area contributed by atoms with Gasteiger partial charge in [0.25, 0.3) is 0 Å². The number of carboxylic acid groups (broad SMARTS) is 1. The van der Waals surface area contributed by atoms with E-state index in [0.717, 1.165) is 22.3 Å². The molecular formula is C28H36N2O5. The molecule has 3 N–H and O–H groups in total. The molecule has 0 aromatic heterocycles. The Bertz CT molecular complexity index is 1040. The molecule has 0 spiro atoms. The van der Waals surface area contributed by atoms with Gasteiger partial charge < -0.3 is 20.5 Å². The maximum absolute atomic E-state index is 12.9. The summed E-state index contributed by atoms with van der Waals surface area (Å²) in [6.07, 6.45) is -0.190. The Labute approximate surface area is 207 Å². The summed E-state index contributed by atoms with van der Waals surface area (Å²) >= 11 is 0. The zero-order valence-electron chi connectivity index (χ0n) is 21.1. The summed E-state index contributed by atoms with van der Waals surface area (Å²) in [5, 5.41) is 15.1. The maximum atomic E-state index is 12.9. The van der Waals surface area contributed by atoms with Gasteiger partial charge in [0.15, 0.2) is 0 Å². The summed E-state index contributed by atoms with van der Waals surface area (Å²) in [4.78, 5) is 37.2. The molecule has 0 heterocycles. The number of alkyl carbamates (subject to hydrolysis) is 1. The minimum Gasteiger partial charge on any atom is -0.481 e. The fourth-order valence-electron chi connectivity index (χ4n) is 4.77. The number of fused-ring (bicyclic) bond motifs is 3. The number of ether oxygens (including phenoxy) is 1. The summed E-state index contributed by atoms with van der Waals surface area (Å²) in [5.74, 6) is -1.89. The normalized spacial score (nSPS) is 15.9. The number of carbonyl (C=O) groups is 3. The minimum atomic E-state index is -1.04. The van der Waals surface area contributed by atoms with Crippen molar-refractivity contribution in [2.45, 2.75) is 53.0 Å². The fraction of sp³-hybridized carbons (Fsp3) is 0.464. The molecule has 1 aliphatic carbocycles. The third kappa shape index (κ3) is 5.66. The lowest BCUT2D eigenvalue weighted by Crippen LogP contribution is -2.50. The number of rotatable bonds is 10. The van der Waals surface area contributed by atoms with Gasteiger partial charge in [-0.1, -0.05) is 69.3 Å². The summed E-state index contributed by atoms with van der Waals surface area (Å²) in [6.45, 7) is 9.17. The van der Waals surface area contributed by atoms with Gasteiger partial charge in [0.2, 0.25) is 5.91 Å². The molecule has 0 saturated carbocycles. The highest BCUT2D eigenvalue weighted by molar-refractivity contribution is 5.82. The molecule has 2 aromatic rings. The number of hydrogen-bond donors (Lipinski definition) is 3. The van der Waals surface area contributed by atoms with Crippen molar-refractivity contribution in [1.82, 2.24) is 10.6 Å². The first-order chi connectivity index (χ1) is 16.6. The van der Waals surface area contributed by atoms with Crippen molar-refractivity contribution in [3.05, 3.63) is 59.7 Å². The van der Waals surface area contributed by atoms with Crippen LogP contribution in [0.2, 0.25) is 0 Å². The van der Waals surface area contributed by atoms with Gasteiger partial charge in [0.05, 0.1) is 11.3 Å². The first-order valence-electron chi connectivity index (χ1n) is 12.2. The number of nitrogens with one attached hydrogen (secondary N) is 2. The number of hydrogen-bond acceptors (Lipinski definition) is 4. The predicted octanol–water partition coefficient (Wildman–Crippen LogP) is 4.80. The number of amides is 2. The van der Waals surface area contributed by atoms with E-state index in [1.165, 1.54) is 0 Å². The highest BCUT2D eigenvalue weighted by atomic mass is 16.5. The van der Waals surface area contributed by atoms with Crippen molar-refractivity contribution in [1.29, 1.82) is 0 Å². The van der Waals surface area contributed by atoms with Gasteiger partial charge in [-0.15, -0.1) is 0 Å². The van der Waals surface area contributed by atoms with Crippen molar-refractivity contribution in [2.24, 2.45) is 17.3 Å². The average molecular weight is 481 g/mol. The topological polar surface area (TPSA) is 105 Å². The third-order valence-electron chi connectivity index (χ3n) is 7.20. The van der Waals surface area contributed by atoms with E-state index in [1.807, 2.05) is 38.1 Å². The lowest BCUT2D eigenvalue weighted by molar-refractivity contribution is -0.148. The zero-order chi connectivity index (χ0) is 25.8. The Balaban J connectivity index is 1.62. The molecule has 1 aliphatic rings. The molecule has 3 atom stereocenters. The summed E-state index contributed by atoms with van der Waals surface area (Å²) < 4.78 is 5.62. The van der Waals surface area contributed by atoms with Crippen LogP contribution in [0.3, 0.4) is 0 Å². The minimum absolute atomic E-state index is 0.0263. The molecular weight excluding hydrogens is 444 g/mol. The van der Waals surface area contributed by atoms with Crippen LogP contribution in [-0.2, 0) is 14.3 Å². The highest BCUT2D eigenvalue weighted by Crippen LogP contribution is 2.44. The molecule has 3 unspecified atom stereocenters. The first-order valence-corrected chi connectivity index (χ1v) is 12.2. The Morgan fingerprint density at radius 3 is 2.03 bits per heavy atom. The van der Waals surface area contributed by atoms with Crippen LogP contribution in [-0.4, -0.2) is 42.3 Å². The molecule has 0 saturated heterocycles. The molecule has 0 bridgehead atoms. The smallest absolute Gasteiger partial charge is 0.407 e. The molecule has 7 nitrogen and oxygen atoms in total. The van der Waals surface area contributed by atoms with Crippen LogP contribution in [0.15, 0.2) is 48.5 Å². The van der Waals surface area contributed by atoms with Crippen LogP contribution in [0, 0.1) is 17.3 Å². The molecule has 35 heavy (non-hydrogen) atoms. The third-order valence-corrected chi connectivity index (χ3v) is 7.20. The Morgan fingerprint density at radius 2 is 1.54 bits per heavy atom. The van der Waals surface area contributed by atoms with Gasteiger partial charge in [-0.25, -0.2) is 4.79 Å². The van der Waals surface area contributed by atoms with E-state index in [2.05, 4.69) is 34.9 Å². The lowest BCUT2D eigenvalue weighted by Gasteiger charge is -2.29. The molecule has 7 heteroatoms. The van der Waals surface area contributed by atoms with Crippen molar-refractivity contribution >= 4 is 18.0 Å². The zero-order valence-corrected chi connectivity index (χ0v) is 21.1. The van der Waals surface area contributed by atoms with Gasteiger partial charge in [-0.3, -0.25) is 9.59 Å². The second kappa shape index (κ2) is 10.9. The predicted molar refractivity (Wildman–Crippen MR) is 135 cm³/mol. The Morgan fingerprint density at radius 1 is 1.00 bits per heavy atom. The summed E-state index contributed by atoms with van der Waals surface area (Å²) in [5.41, 5.74) is 3.53. The monoisotopic (exact) mass is 480 g/mol. The average Bonchev–Trinajstić information content (AvgIpc) is 3.14. The quantitative estimate of drug-likeness (QED) is 0.453. The summed E-state index contributed by atoms with van der Waals surface area (Å²) in [6, 6.07) is 15.8. The van der Waals surface area contributed by atoms with Crippen LogP contribution >= 0.6 is 0 Å². The molecule has 3 rings (SSSR count). The highest BCUT2D eigenvalue weighted by Gasteiger charge is 2.35. The molecule has 0 radical (unpaired) electrons. The largest absolute Gasteiger partial charge is 0.481 e. The van der Waals surface area contributed by atoms with Crippen LogP contribution in [0.4, 0.5) is 4.79 Å². The van der Waals surface area contributed by atoms with Crippen molar-refractivity contribution < 1.29 is 24.2 Å². The number of carboxylic acids is 1. The van der Waals surface area contributed by atoms with Crippen LogP contribution < -0.4 is 10.6 Å². The molecule has 0 aliphatic heterocycles. The fourth-order valence-corrected chi connectivity index (χ4v) is 4.77. The second-order valence-electron chi connectivity index (χ2n) is 9.97. The van der Waals surface area contributed by atoms with Crippen molar-refractivity contribution in [2.75, 3.05) is 13.2 Å². The number of aliphatic carboxylic acids is 1. The van der Waals surface area contributed by atoms with E-state index in [-0.39, 0.29) is 30.9 Å². The van der Waals surface area contributed by atoms with Crippen LogP contribution in [0.5, 0.6) is 0 Å². The van der Waals surface area contributed by atoms with E-state index < -0.39 is 29.4 Å². The maximum Gasteiger partial charge on any atom is 0.407 e. The number of carbonyl (C=O) groups excluding carboxylic acids is 2. The van der Waals surface area contributed by atoms with Crippen LogP contribution in [0.25, 0.3) is 11.1 Å². The van der Waals surface area contributed by atoms with E-state index in [4.69, 9.17) is 4.74 Å². The van der Waals surface area contributed by atoms with Crippen molar-refractivity contribution in [3.8, 4) is 11.1 Å². The molecule has 2 amide bonds. The second-order valence-corrected chi connectivity index (χ2v) is 9.97. The molecule has 188 valence electrons. The summed E-state index contributed by atoms with van der Waals surface area (Å²) in [7, 11) is 0. The number of benzene rings is 2. The van der Waals surface area contributed by atoms with E-state index >= 15 is 0 Å². The Kier molecular flexibility index (Phi) is 8.20.